The maximum Gasteiger partial charge on any atom is 0.407 e. The lowest BCUT2D eigenvalue weighted by molar-refractivity contribution is -0.133. The quantitative estimate of drug-likeness (QED) is 0.160. The molecular weight excluding hydrogens is 582 g/mol. The van der Waals surface area contributed by atoms with Crippen LogP contribution in [0.4, 0.5) is 9.59 Å². The molecule has 1 aliphatic heterocycles. The van der Waals surface area contributed by atoms with Crippen molar-refractivity contribution in [2.45, 2.75) is 78.6 Å². The number of nitrogens with one attached hydrogen (secondary N) is 3. The van der Waals surface area contributed by atoms with Gasteiger partial charge in [-0.25, -0.2) is 14.6 Å². The molecule has 45 heavy (non-hydrogen) atoms. The average molecular weight is 636 g/mol. The van der Waals surface area contributed by atoms with Crippen LogP contribution in [0, 0.1) is 23.7 Å². The first-order valence-electron chi connectivity index (χ1n) is 15.9. The topological polar surface area (TPSA) is 182 Å². The van der Waals surface area contributed by atoms with Crippen molar-refractivity contribution in [2.24, 2.45) is 29.4 Å². The average Bonchev–Trinajstić information content (AvgIpc) is 2.99. The minimum atomic E-state index is -1.35. The lowest BCUT2D eigenvalue weighted by atomic mass is 9.80. The van der Waals surface area contributed by atoms with Crippen LogP contribution in [0.3, 0.4) is 0 Å². The van der Waals surface area contributed by atoms with Gasteiger partial charge in [0, 0.05) is 32.3 Å². The summed E-state index contributed by atoms with van der Waals surface area (Å²) in [5.74, 6) is -2.56. The monoisotopic (exact) mass is 635 g/mol. The number of hydrogen-bond acceptors (Lipinski definition) is 10. The van der Waals surface area contributed by atoms with Gasteiger partial charge in [0.15, 0.2) is 5.78 Å². The Hall–Kier alpha value is -3.26. The van der Waals surface area contributed by atoms with E-state index in [4.69, 9.17) is 19.9 Å². The zero-order valence-electron chi connectivity index (χ0n) is 27.5. The second-order valence-corrected chi connectivity index (χ2v) is 12.0. The van der Waals surface area contributed by atoms with E-state index in [1.54, 1.807) is 70.8 Å². The number of nitrogens with two attached hydrogens (primary N) is 1. The molecule has 3 amide bonds. The number of ketones is 1. The van der Waals surface area contributed by atoms with Gasteiger partial charge in [-0.2, -0.15) is 0 Å². The Morgan fingerprint density at radius 1 is 0.933 bits per heavy atom. The predicted octanol–water partition coefficient (Wildman–Crippen LogP) is 2.53. The predicted molar refractivity (Wildman–Crippen MR) is 169 cm³/mol. The van der Waals surface area contributed by atoms with Gasteiger partial charge >= 0.3 is 12.2 Å². The van der Waals surface area contributed by atoms with E-state index in [0.29, 0.717) is 25.3 Å². The highest BCUT2D eigenvalue weighted by atomic mass is 16.6. The normalized spacial score (nSPS) is 17.2. The number of amides is 3. The lowest BCUT2D eigenvalue weighted by Crippen LogP contribution is -2.58. The van der Waals surface area contributed by atoms with Crippen molar-refractivity contribution < 1.29 is 38.5 Å². The first kappa shape index (κ1) is 37.9. The molecule has 1 heterocycles. The number of nitrogens with zero attached hydrogens (tertiary/aromatic N) is 1. The van der Waals surface area contributed by atoms with Gasteiger partial charge in [-0.15, -0.1) is 0 Å². The Labute approximate surface area is 266 Å². The fourth-order valence-electron chi connectivity index (χ4n) is 5.37. The van der Waals surface area contributed by atoms with E-state index in [2.05, 4.69) is 16.1 Å². The smallest absolute Gasteiger partial charge is 0.407 e. The summed E-state index contributed by atoms with van der Waals surface area (Å²) in [5.41, 5.74) is 10.2. The molecule has 6 N–H and O–H groups in total. The molecule has 5 atom stereocenters. The Morgan fingerprint density at radius 3 is 1.98 bits per heavy atom. The van der Waals surface area contributed by atoms with E-state index in [1.807, 2.05) is 6.07 Å². The van der Waals surface area contributed by atoms with Crippen molar-refractivity contribution in [3.8, 4) is 0 Å². The molecule has 1 aliphatic rings. The largest absolute Gasteiger partial charge is 0.450 e. The maximum absolute atomic E-state index is 14.2. The molecule has 0 aliphatic carbocycles. The van der Waals surface area contributed by atoms with Crippen LogP contribution in [-0.2, 0) is 23.8 Å². The summed E-state index contributed by atoms with van der Waals surface area (Å²) in [6.07, 6.45) is -1.30. The number of rotatable bonds is 17. The van der Waals surface area contributed by atoms with Crippen molar-refractivity contribution in [1.29, 1.82) is 0 Å². The summed E-state index contributed by atoms with van der Waals surface area (Å²) in [6, 6.07) is 6.13. The number of benzene rings is 1. The van der Waals surface area contributed by atoms with E-state index in [0.717, 1.165) is 12.8 Å². The molecule has 0 spiro atoms. The van der Waals surface area contributed by atoms with Gasteiger partial charge in [-0.05, 0) is 50.0 Å². The van der Waals surface area contributed by atoms with Crippen molar-refractivity contribution in [1.82, 2.24) is 21.1 Å². The Kier molecular flexibility index (Phi) is 16.3. The molecule has 2 rings (SSSR count). The van der Waals surface area contributed by atoms with Crippen LogP contribution in [0.5, 0.6) is 0 Å². The van der Waals surface area contributed by atoms with E-state index in [-0.39, 0.29) is 37.5 Å². The summed E-state index contributed by atoms with van der Waals surface area (Å²) in [4.78, 5) is 52.2. The molecule has 13 heteroatoms. The van der Waals surface area contributed by atoms with Crippen LogP contribution >= 0.6 is 0 Å². The molecule has 1 saturated heterocycles. The second kappa shape index (κ2) is 19.3. The third kappa shape index (κ3) is 12.2. The third-order valence-electron chi connectivity index (χ3n) is 7.83. The molecule has 0 aromatic heterocycles. The SMILES string of the molecule is CCOC(=O)N[C@H](C(=O)NN(CC1CCOCC1)C[C@H](O)C(C(=O)[C@@H](NC(=O)OCC)C(C)C)C(N)c1ccccc1)C(C)C. The van der Waals surface area contributed by atoms with E-state index >= 15 is 0 Å². The van der Waals surface area contributed by atoms with Gasteiger partial charge in [0.05, 0.1) is 31.3 Å². The summed E-state index contributed by atoms with van der Waals surface area (Å²) < 4.78 is 15.5. The molecular formula is C32H53N5O8. The van der Waals surface area contributed by atoms with Crippen molar-refractivity contribution in [2.75, 3.05) is 39.5 Å². The van der Waals surface area contributed by atoms with E-state index in [1.165, 1.54) is 0 Å². The molecule has 0 bridgehead atoms. The molecule has 0 saturated carbocycles. The van der Waals surface area contributed by atoms with Crippen LogP contribution in [0.2, 0.25) is 0 Å². The van der Waals surface area contributed by atoms with Crippen molar-refractivity contribution >= 4 is 23.9 Å². The Bertz CT molecular complexity index is 1070. The number of aliphatic hydroxyl groups is 1. The number of aliphatic hydroxyl groups excluding tert-OH is 1. The standard InChI is InChI=1S/C32H53N5O8/c1-7-44-31(41)34-27(20(3)4)29(39)25(26(33)23-12-10-9-11-13-23)24(38)19-37(18-22-14-16-43-17-15-22)36-30(40)28(21(5)6)35-32(42)45-8-2/h9-13,20-22,24-28,38H,7-8,14-19,33H2,1-6H3,(H,34,41)(H,35,42)(H,36,40)/t24-,25?,26?,27-,28-/m0/s1. The number of ether oxygens (including phenoxy) is 3. The number of Topliss-reactive ketones (excluding diaryl/α,β-unsaturated/α-hetero) is 1. The van der Waals surface area contributed by atoms with Crippen LogP contribution < -0.4 is 21.8 Å². The van der Waals surface area contributed by atoms with E-state index < -0.39 is 54.0 Å². The van der Waals surface area contributed by atoms with Gasteiger partial charge in [0.2, 0.25) is 0 Å². The number of carbonyl (C=O) groups excluding carboxylic acids is 4. The van der Waals surface area contributed by atoms with Crippen LogP contribution in [0.25, 0.3) is 0 Å². The highest BCUT2D eigenvalue weighted by Crippen LogP contribution is 2.27. The highest BCUT2D eigenvalue weighted by molar-refractivity contribution is 5.90. The molecule has 2 unspecified atom stereocenters. The minimum Gasteiger partial charge on any atom is -0.450 e. The van der Waals surface area contributed by atoms with Crippen LogP contribution in [-0.4, -0.2) is 91.7 Å². The van der Waals surface area contributed by atoms with E-state index in [9.17, 15) is 24.3 Å². The molecule has 1 aromatic carbocycles. The van der Waals surface area contributed by atoms with Gasteiger partial charge in [-0.1, -0.05) is 58.0 Å². The summed E-state index contributed by atoms with van der Waals surface area (Å²) in [5, 5.41) is 18.6. The molecule has 13 nitrogen and oxygen atoms in total. The fourth-order valence-corrected chi connectivity index (χ4v) is 5.37. The maximum atomic E-state index is 14.2. The first-order chi connectivity index (χ1) is 21.4. The number of carbonyl (C=O) groups is 4. The van der Waals surface area contributed by atoms with Crippen molar-refractivity contribution in [3.63, 3.8) is 0 Å². The molecule has 254 valence electrons. The number of hydrogen-bond donors (Lipinski definition) is 5. The molecule has 1 aromatic rings. The minimum absolute atomic E-state index is 0.129. The van der Waals surface area contributed by atoms with Gasteiger partial charge in [0.1, 0.15) is 6.04 Å². The third-order valence-corrected chi connectivity index (χ3v) is 7.83. The van der Waals surface area contributed by atoms with Crippen molar-refractivity contribution in [3.05, 3.63) is 35.9 Å². The summed E-state index contributed by atoms with van der Waals surface area (Å²) in [7, 11) is 0. The summed E-state index contributed by atoms with van der Waals surface area (Å²) in [6.45, 7) is 12.1. The molecule has 0 radical (unpaired) electrons. The first-order valence-corrected chi connectivity index (χ1v) is 15.9. The Balaban J connectivity index is 2.42. The fraction of sp³-hybridized carbons (Fsp3) is 0.688. The van der Waals surface area contributed by atoms with Crippen LogP contribution in [0.15, 0.2) is 30.3 Å². The Morgan fingerprint density at radius 2 is 1.47 bits per heavy atom. The van der Waals surface area contributed by atoms with Crippen LogP contribution in [0.1, 0.15) is 66.0 Å². The zero-order valence-corrected chi connectivity index (χ0v) is 27.5. The van der Waals surface area contributed by atoms with Gasteiger partial charge in [0.25, 0.3) is 5.91 Å². The lowest BCUT2D eigenvalue weighted by Gasteiger charge is -2.37. The second-order valence-electron chi connectivity index (χ2n) is 12.0. The number of hydrazine groups is 1. The molecule has 1 fully saturated rings. The summed E-state index contributed by atoms with van der Waals surface area (Å²) >= 11 is 0. The van der Waals surface area contributed by atoms with Gasteiger partial charge in [-0.3, -0.25) is 15.0 Å². The van der Waals surface area contributed by atoms with Gasteiger partial charge < -0.3 is 35.7 Å². The zero-order chi connectivity index (χ0) is 33.5. The number of alkyl carbamates (subject to hydrolysis) is 2. The highest BCUT2D eigenvalue weighted by Gasteiger charge is 2.40.